The topological polar surface area (TPSA) is 99.5 Å². The Morgan fingerprint density at radius 2 is 2.00 bits per heavy atom. The molecule has 2 amide bonds. The Balaban J connectivity index is 2.18. The molecule has 1 aromatic carbocycles. The van der Waals surface area contributed by atoms with Crippen molar-refractivity contribution in [1.29, 1.82) is 5.26 Å². The van der Waals surface area contributed by atoms with Gasteiger partial charge in [-0.1, -0.05) is 0 Å². The second-order valence-electron chi connectivity index (χ2n) is 5.94. The molecule has 7 heteroatoms. The van der Waals surface area contributed by atoms with Gasteiger partial charge in [0.25, 0.3) is 11.8 Å². The number of hydrogen-bond donors (Lipinski definition) is 2. The molecule has 0 fully saturated rings. The van der Waals surface area contributed by atoms with Crippen LogP contribution in [0.1, 0.15) is 20.8 Å². The number of carbonyl (C=O) groups is 2. The lowest BCUT2D eigenvalue weighted by molar-refractivity contribution is 0.0878. The van der Waals surface area contributed by atoms with E-state index in [9.17, 15) is 20.0 Å². The lowest BCUT2D eigenvalue weighted by atomic mass is 10.1. The summed E-state index contributed by atoms with van der Waals surface area (Å²) in [5.74, 6) is -0.873. The number of amides is 2. The van der Waals surface area contributed by atoms with Crippen LogP contribution in [0.25, 0.3) is 27.3 Å². The maximum absolute atomic E-state index is 12.5. The van der Waals surface area contributed by atoms with Crippen molar-refractivity contribution in [3.05, 3.63) is 47.8 Å². The number of nitrogens with zero attached hydrogens (tertiary/aromatic N) is 3. The van der Waals surface area contributed by atoms with Crippen LogP contribution in [-0.4, -0.2) is 25.9 Å². The Morgan fingerprint density at radius 1 is 1.16 bits per heavy atom. The van der Waals surface area contributed by atoms with Crippen molar-refractivity contribution in [2.24, 2.45) is 0 Å². The van der Waals surface area contributed by atoms with Gasteiger partial charge in [0, 0.05) is 17.0 Å². The van der Waals surface area contributed by atoms with E-state index in [-0.39, 0.29) is 23.6 Å². The number of phenols is 1. The van der Waals surface area contributed by atoms with E-state index in [1.54, 1.807) is 33.4 Å². The van der Waals surface area contributed by atoms with Crippen LogP contribution in [0, 0.1) is 11.3 Å². The molecular weight excluding hydrogens is 320 g/mol. The smallest absolute Gasteiger partial charge is 0.275 e. The third-order valence-corrected chi connectivity index (χ3v) is 4.66. The van der Waals surface area contributed by atoms with Crippen LogP contribution in [0.5, 0.6) is 5.75 Å². The highest BCUT2D eigenvalue weighted by Gasteiger charge is 2.34. The Hall–Kier alpha value is -3.79. The van der Waals surface area contributed by atoms with Crippen LogP contribution in [-0.2, 0) is 6.54 Å². The van der Waals surface area contributed by atoms with Crippen LogP contribution < -0.4 is 5.32 Å². The summed E-state index contributed by atoms with van der Waals surface area (Å²) in [4.78, 5) is 24.8. The first-order valence-corrected chi connectivity index (χ1v) is 7.62. The van der Waals surface area contributed by atoms with Gasteiger partial charge in [0.1, 0.15) is 18.0 Å². The fourth-order valence-electron chi connectivity index (χ4n) is 3.77. The average molecular weight is 330 g/mol. The highest BCUT2D eigenvalue weighted by atomic mass is 16.3. The minimum Gasteiger partial charge on any atom is -0.508 e. The summed E-state index contributed by atoms with van der Waals surface area (Å²) in [5, 5.41) is 22.7. The summed E-state index contributed by atoms with van der Waals surface area (Å²) in [6, 6.07) is 10.6. The number of aromatic nitrogens is 2. The summed E-state index contributed by atoms with van der Waals surface area (Å²) in [6.07, 6.45) is 1.72. The van der Waals surface area contributed by atoms with Gasteiger partial charge in [-0.05, 0) is 30.3 Å². The Morgan fingerprint density at radius 3 is 2.80 bits per heavy atom. The molecule has 0 saturated heterocycles. The van der Waals surface area contributed by atoms with E-state index in [1.807, 2.05) is 6.07 Å². The van der Waals surface area contributed by atoms with Gasteiger partial charge in [-0.25, -0.2) is 0 Å². The maximum Gasteiger partial charge on any atom is 0.275 e. The first kappa shape index (κ1) is 13.6. The van der Waals surface area contributed by atoms with Crippen molar-refractivity contribution in [2.45, 2.75) is 6.54 Å². The largest absolute Gasteiger partial charge is 0.508 e. The van der Waals surface area contributed by atoms with Gasteiger partial charge in [0.2, 0.25) is 0 Å². The van der Waals surface area contributed by atoms with E-state index in [4.69, 9.17) is 0 Å². The van der Waals surface area contributed by atoms with E-state index < -0.39 is 11.8 Å². The summed E-state index contributed by atoms with van der Waals surface area (Å²) in [6.45, 7) is 0.0833. The van der Waals surface area contributed by atoms with E-state index in [0.29, 0.717) is 16.3 Å². The number of phenolic OH excluding ortho intramolecular Hbond substituents is 1. The molecule has 1 aliphatic heterocycles. The van der Waals surface area contributed by atoms with Crippen molar-refractivity contribution in [3.8, 4) is 11.8 Å². The van der Waals surface area contributed by atoms with Gasteiger partial charge in [0.15, 0.2) is 0 Å². The molecule has 4 heterocycles. The van der Waals surface area contributed by atoms with Gasteiger partial charge in [-0.2, -0.15) is 5.26 Å². The molecule has 0 bridgehead atoms. The number of hydrogen-bond acceptors (Lipinski definition) is 4. The highest BCUT2D eigenvalue weighted by molar-refractivity contribution is 6.31. The number of aromatic hydroxyl groups is 1. The van der Waals surface area contributed by atoms with E-state index in [2.05, 4.69) is 11.4 Å². The molecule has 0 spiro atoms. The van der Waals surface area contributed by atoms with Crippen molar-refractivity contribution < 1.29 is 14.7 Å². The first-order valence-electron chi connectivity index (χ1n) is 7.62. The number of nitriles is 1. The molecular formula is C18H10N4O3. The van der Waals surface area contributed by atoms with Crippen LogP contribution in [0.3, 0.4) is 0 Å². The van der Waals surface area contributed by atoms with Gasteiger partial charge in [-0.15, -0.1) is 0 Å². The molecule has 4 aromatic rings. The van der Waals surface area contributed by atoms with Gasteiger partial charge >= 0.3 is 0 Å². The quantitative estimate of drug-likeness (QED) is 0.522. The lowest BCUT2D eigenvalue weighted by Crippen LogP contribution is -2.20. The highest BCUT2D eigenvalue weighted by Crippen LogP contribution is 2.39. The summed E-state index contributed by atoms with van der Waals surface area (Å²) >= 11 is 0. The standard InChI is InChI=1S/C18H10N4O3/c19-5-7-22-11-4-3-9(23)8-10(11)13-14-16(18(25)20-17(14)24)21-6-1-2-12(21)15(13)22/h1-4,6,8,23H,7H2,(H,20,24,25). The van der Waals surface area contributed by atoms with Crippen LogP contribution in [0.4, 0.5) is 0 Å². The van der Waals surface area contributed by atoms with E-state index in [0.717, 1.165) is 11.0 Å². The molecule has 0 aliphatic carbocycles. The van der Waals surface area contributed by atoms with Crippen LogP contribution in [0.15, 0.2) is 36.5 Å². The number of imide groups is 1. The van der Waals surface area contributed by atoms with Crippen molar-refractivity contribution in [2.75, 3.05) is 0 Å². The average Bonchev–Trinajstić information content (AvgIpc) is 3.23. The lowest BCUT2D eigenvalue weighted by Gasteiger charge is -2.07. The number of benzene rings is 1. The minimum absolute atomic E-state index is 0.0530. The first-order chi connectivity index (χ1) is 12.1. The third kappa shape index (κ3) is 1.53. The predicted molar refractivity (Wildman–Crippen MR) is 89.5 cm³/mol. The fraction of sp³-hybridized carbons (Fsp3) is 0.0556. The number of nitrogens with one attached hydrogen (secondary N) is 1. The molecule has 0 saturated carbocycles. The van der Waals surface area contributed by atoms with Crippen molar-refractivity contribution in [1.82, 2.24) is 14.3 Å². The molecule has 3 aromatic heterocycles. The number of pyridine rings is 1. The van der Waals surface area contributed by atoms with Gasteiger partial charge < -0.3 is 14.1 Å². The van der Waals surface area contributed by atoms with Gasteiger partial charge in [-0.3, -0.25) is 14.9 Å². The number of carbonyl (C=O) groups excluding carboxylic acids is 2. The third-order valence-electron chi connectivity index (χ3n) is 4.66. The predicted octanol–water partition coefficient (Wildman–Crippen LogP) is 2.16. The Labute approximate surface area is 140 Å². The molecule has 2 N–H and O–H groups in total. The normalized spacial score (nSPS) is 13.6. The molecule has 25 heavy (non-hydrogen) atoms. The Kier molecular flexibility index (Phi) is 2.39. The second kappa shape index (κ2) is 4.39. The van der Waals surface area contributed by atoms with Crippen LogP contribution >= 0.6 is 0 Å². The minimum atomic E-state index is -0.472. The molecule has 1 aliphatic rings. The molecule has 0 unspecified atom stereocenters. The Bertz CT molecular complexity index is 1300. The molecule has 0 atom stereocenters. The van der Waals surface area contributed by atoms with Crippen LogP contribution in [0.2, 0.25) is 0 Å². The molecule has 7 nitrogen and oxygen atoms in total. The second-order valence-corrected chi connectivity index (χ2v) is 5.94. The van der Waals surface area contributed by atoms with Crippen molar-refractivity contribution >= 4 is 39.1 Å². The van der Waals surface area contributed by atoms with Gasteiger partial charge in [0.05, 0.1) is 28.2 Å². The maximum atomic E-state index is 12.5. The number of rotatable bonds is 1. The van der Waals surface area contributed by atoms with Crippen molar-refractivity contribution in [3.63, 3.8) is 0 Å². The summed E-state index contributed by atoms with van der Waals surface area (Å²) < 4.78 is 3.47. The fourth-order valence-corrected chi connectivity index (χ4v) is 3.77. The molecule has 120 valence electrons. The summed E-state index contributed by atoms with van der Waals surface area (Å²) in [5.41, 5.74) is 2.69. The molecule has 0 radical (unpaired) electrons. The SMILES string of the molecule is N#CCn1c2ccc(O)cc2c2c3c(n4cccc4c21)C(=O)NC3=O. The zero-order valence-electron chi connectivity index (χ0n) is 12.8. The van der Waals surface area contributed by atoms with E-state index >= 15 is 0 Å². The van der Waals surface area contributed by atoms with E-state index in [1.165, 1.54) is 6.07 Å². The zero-order valence-corrected chi connectivity index (χ0v) is 12.8. The zero-order chi connectivity index (χ0) is 17.3. The number of fused-ring (bicyclic) bond motifs is 8. The monoisotopic (exact) mass is 330 g/mol. The summed E-state index contributed by atoms with van der Waals surface area (Å²) in [7, 11) is 0. The molecule has 5 rings (SSSR count).